The van der Waals surface area contributed by atoms with Crippen molar-refractivity contribution in [2.24, 2.45) is 0 Å². The predicted molar refractivity (Wildman–Crippen MR) is 56.5 cm³/mol. The van der Waals surface area contributed by atoms with Gasteiger partial charge in [0.05, 0.1) is 0 Å². The first kappa shape index (κ1) is 11.4. The van der Waals surface area contributed by atoms with E-state index in [1.54, 1.807) is 6.07 Å². The summed E-state index contributed by atoms with van der Waals surface area (Å²) >= 11 is 5.70. The SMILES string of the molecule is CN(C=O)/C=C/C(=O)c1cc(Cl)ccn1. The fourth-order valence-corrected chi connectivity index (χ4v) is 1.00. The molecule has 1 heterocycles. The molecule has 1 rings (SSSR count). The fraction of sp³-hybridized carbons (Fsp3) is 0.100. The second-order valence-corrected chi connectivity index (χ2v) is 3.25. The molecule has 5 heteroatoms. The molecule has 78 valence electrons. The molecule has 0 saturated heterocycles. The molecule has 1 amide bonds. The van der Waals surface area contributed by atoms with Crippen LogP contribution in [0.2, 0.25) is 5.02 Å². The number of pyridine rings is 1. The minimum Gasteiger partial charge on any atom is -0.325 e. The summed E-state index contributed by atoms with van der Waals surface area (Å²) in [4.78, 5) is 26.8. The van der Waals surface area contributed by atoms with Gasteiger partial charge < -0.3 is 4.90 Å². The van der Waals surface area contributed by atoms with Crippen molar-refractivity contribution in [3.8, 4) is 0 Å². The van der Waals surface area contributed by atoms with E-state index in [1.165, 1.54) is 36.5 Å². The zero-order chi connectivity index (χ0) is 11.3. The summed E-state index contributed by atoms with van der Waals surface area (Å²) in [6.45, 7) is 0. The molecular weight excluding hydrogens is 216 g/mol. The third-order valence-corrected chi connectivity index (χ3v) is 1.84. The normalized spacial score (nSPS) is 10.3. The zero-order valence-corrected chi connectivity index (χ0v) is 8.81. The number of hydrogen-bond donors (Lipinski definition) is 0. The highest BCUT2D eigenvalue weighted by Gasteiger charge is 2.03. The second-order valence-electron chi connectivity index (χ2n) is 2.81. The highest BCUT2D eigenvalue weighted by Crippen LogP contribution is 2.08. The van der Waals surface area contributed by atoms with Crippen molar-refractivity contribution in [1.82, 2.24) is 9.88 Å². The maximum Gasteiger partial charge on any atom is 0.213 e. The van der Waals surface area contributed by atoms with Gasteiger partial charge in [-0.1, -0.05) is 11.6 Å². The van der Waals surface area contributed by atoms with Gasteiger partial charge in [-0.25, -0.2) is 0 Å². The molecule has 1 aromatic rings. The number of amides is 1. The zero-order valence-electron chi connectivity index (χ0n) is 8.05. The number of aromatic nitrogens is 1. The number of allylic oxidation sites excluding steroid dienone is 1. The molecule has 15 heavy (non-hydrogen) atoms. The molecule has 0 aliphatic heterocycles. The van der Waals surface area contributed by atoms with Crippen LogP contribution in [-0.4, -0.2) is 29.1 Å². The Hall–Kier alpha value is -1.68. The summed E-state index contributed by atoms with van der Waals surface area (Å²) < 4.78 is 0. The van der Waals surface area contributed by atoms with E-state index in [0.29, 0.717) is 11.4 Å². The van der Waals surface area contributed by atoms with Gasteiger partial charge >= 0.3 is 0 Å². The number of carbonyl (C=O) groups excluding carboxylic acids is 2. The lowest BCUT2D eigenvalue weighted by molar-refractivity contribution is -0.114. The molecule has 1 aromatic heterocycles. The summed E-state index contributed by atoms with van der Waals surface area (Å²) in [6, 6.07) is 3.05. The largest absolute Gasteiger partial charge is 0.325 e. The molecule has 0 saturated carbocycles. The van der Waals surface area contributed by atoms with Gasteiger partial charge in [0, 0.05) is 30.5 Å². The molecule has 0 aromatic carbocycles. The Morgan fingerprint density at radius 3 is 2.93 bits per heavy atom. The molecule has 0 unspecified atom stereocenters. The van der Waals surface area contributed by atoms with E-state index in [-0.39, 0.29) is 11.5 Å². The van der Waals surface area contributed by atoms with Gasteiger partial charge in [0.1, 0.15) is 5.69 Å². The van der Waals surface area contributed by atoms with Crippen molar-refractivity contribution >= 4 is 23.8 Å². The van der Waals surface area contributed by atoms with Crippen molar-refractivity contribution in [3.63, 3.8) is 0 Å². The molecule has 4 nitrogen and oxygen atoms in total. The Labute approximate surface area is 92.2 Å². The van der Waals surface area contributed by atoms with E-state index in [4.69, 9.17) is 11.6 Å². The molecule has 0 atom stereocenters. The van der Waals surface area contributed by atoms with E-state index in [2.05, 4.69) is 4.98 Å². The van der Waals surface area contributed by atoms with Crippen LogP contribution in [0.3, 0.4) is 0 Å². The number of nitrogens with zero attached hydrogens (tertiary/aromatic N) is 2. The fourth-order valence-electron chi connectivity index (χ4n) is 0.845. The quantitative estimate of drug-likeness (QED) is 0.443. The Bertz CT molecular complexity index is 404. The van der Waals surface area contributed by atoms with E-state index < -0.39 is 0 Å². The predicted octanol–water partition coefficient (Wildman–Crippen LogP) is 1.52. The monoisotopic (exact) mass is 224 g/mol. The van der Waals surface area contributed by atoms with Crippen LogP contribution in [0.5, 0.6) is 0 Å². The smallest absolute Gasteiger partial charge is 0.213 e. The van der Waals surface area contributed by atoms with Crippen molar-refractivity contribution in [2.75, 3.05) is 7.05 Å². The van der Waals surface area contributed by atoms with Gasteiger partial charge in [-0.3, -0.25) is 14.6 Å². The summed E-state index contributed by atoms with van der Waals surface area (Å²) in [7, 11) is 1.53. The third kappa shape index (κ3) is 3.52. The summed E-state index contributed by atoms with van der Waals surface area (Å²) in [5.41, 5.74) is 0.248. The van der Waals surface area contributed by atoms with Gasteiger partial charge in [-0.15, -0.1) is 0 Å². The van der Waals surface area contributed by atoms with Crippen LogP contribution in [0.1, 0.15) is 10.5 Å². The lowest BCUT2D eigenvalue weighted by atomic mass is 10.2. The Balaban J connectivity index is 2.77. The standard InChI is InChI=1S/C10H9ClN2O2/c1-13(7-14)5-3-10(15)9-6-8(11)2-4-12-9/h2-7H,1H3/b5-3+. The number of halogens is 1. The first-order valence-electron chi connectivity index (χ1n) is 4.15. The molecule has 0 N–H and O–H groups in total. The van der Waals surface area contributed by atoms with Crippen molar-refractivity contribution < 1.29 is 9.59 Å². The van der Waals surface area contributed by atoms with Crippen molar-refractivity contribution in [1.29, 1.82) is 0 Å². The molecule has 0 aliphatic carbocycles. The number of ketones is 1. The van der Waals surface area contributed by atoms with Gasteiger partial charge in [0.15, 0.2) is 0 Å². The highest BCUT2D eigenvalue weighted by atomic mass is 35.5. The number of rotatable bonds is 4. The summed E-state index contributed by atoms with van der Waals surface area (Å²) in [6.07, 6.45) is 4.66. The molecule has 0 fully saturated rings. The highest BCUT2D eigenvalue weighted by molar-refractivity contribution is 6.31. The average molecular weight is 225 g/mol. The minimum absolute atomic E-state index is 0.248. The van der Waals surface area contributed by atoms with E-state index in [0.717, 1.165) is 0 Å². The minimum atomic E-state index is -0.300. The Morgan fingerprint density at radius 1 is 1.60 bits per heavy atom. The molecule has 0 aliphatic rings. The number of hydrogen-bond acceptors (Lipinski definition) is 3. The molecule has 0 radical (unpaired) electrons. The van der Waals surface area contributed by atoms with Crippen molar-refractivity contribution in [3.05, 3.63) is 41.3 Å². The Morgan fingerprint density at radius 2 is 2.33 bits per heavy atom. The first-order valence-corrected chi connectivity index (χ1v) is 4.52. The molecule has 0 bridgehead atoms. The van der Waals surface area contributed by atoms with Crippen LogP contribution in [0, 0.1) is 0 Å². The van der Waals surface area contributed by atoms with Crippen LogP contribution in [0.25, 0.3) is 0 Å². The van der Waals surface area contributed by atoms with Crippen LogP contribution in [0.15, 0.2) is 30.6 Å². The first-order chi connectivity index (χ1) is 7.13. The number of carbonyl (C=O) groups is 2. The van der Waals surface area contributed by atoms with Crippen LogP contribution in [0.4, 0.5) is 0 Å². The maximum absolute atomic E-state index is 11.5. The Kier molecular flexibility index (Phi) is 4.00. The van der Waals surface area contributed by atoms with Gasteiger partial charge in [-0.2, -0.15) is 0 Å². The van der Waals surface area contributed by atoms with Gasteiger partial charge in [0.25, 0.3) is 0 Å². The lowest BCUT2D eigenvalue weighted by Crippen LogP contribution is -2.08. The molecular formula is C10H9ClN2O2. The summed E-state index contributed by atoms with van der Waals surface area (Å²) in [5, 5.41) is 0.450. The maximum atomic E-state index is 11.5. The van der Waals surface area contributed by atoms with Crippen LogP contribution < -0.4 is 0 Å². The second kappa shape index (κ2) is 5.26. The molecule has 0 spiro atoms. The van der Waals surface area contributed by atoms with E-state index in [9.17, 15) is 9.59 Å². The average Bonchev–Trinajstić information content (AvgIpc) is 2.25. The van der Waals surface area contributed by atoms with Crippen LogP contribution in [-0.2, 0) is 4.79 Å². The third-order valence-electron chi connectivity index (χ3n) is 1.60. The van der Waals surface area contributed by atoms with E-state index >= 15 is 0 Å². The van der Waals surface area contributed by atoms with Crippen LogP contribution >= 0.6 is 11.6 Å². The topological polar surface area (TPSA) is 50.3 Å². The van der Waals surface area contributed by atoms with Gasteiger partial charge in [0.2, 0.25) is 12.2 Å². The summed E-state index contributed by atoms with van der Waals surface area (Å²) in [5.74, 6) is -0.300. The lowest BCUT2D eigenvalue weighted by Gasteiger charge is -2.00. The van der Waals surface area contributed by atoms with Gasteiger partial charge in [-0.05, 0) is 12.1 Å². The van der Waals surface area contributed by atoms with Crippen molar-refractivity contribution in [2.45, 2.75) is 0 Å². The van der Waals surface area contributed by atoms with E-state index in [1.807, 2.05) is 0 Å².